The summed E-state index contributed by atoms with van der Waals surface area (Å²) in [6, 6.07) is 9.27. The number of anilines is 1. The second kappa shape index (κ2) is 5.65. The number of para-hydroxylation sites is 1. The molecule has 16 heavy (non-hydrogen) atoms. The summed E-state index contributed by atoms with van der Waals surface area (Å²) in [6.45, 7) is 2.91. The maximum Gasteiger partial charge on any atom is 0.183 e. The van der Waals surface area contributed by atoms with Gasteiger partial charge in [-0.25, -0.2) is 0 Å². The fourth-order valence-corrected chi connectivity index (χ4v) is 1.11. The molecule has 2 N–H and O–H groups in total. The highest BCUT2D eigenvalue weighted by atomic mass is 16.4. The molecule has 0 heterocycles. The minimum Gasteiger partial charge on any atom is -0.410 e. The van der Waals surface area contributed by atoms with E-state index in [1.165, 1.54) is 6.92 Å². The van der Waals surface area contributed by atoms with Crippen LogP contribution in [-0.2, 0) is 4.79 Å². The molecule has 0 atom stereocenters. The molecule has 0 unspecified atom stereocenters. The molecule has 0 fully saturated rings. The third-order valence-corrected chi connectivity index (χ3v) is 1.90. The van der Waals surface area contributed by atoms with Crippen molar-refractivity contribution in [3.8, 4) is 0 Å². The minimum absolute atomic E-state index is 0.0524. The average molecular weight is 219 g/mol. The van der Waals surface area contributed by atoms with Gasteiger partial charge in [0, 0.05) is 6.92 Å². The molecule has 0 saturated heterocycles. The van der Waals surface area contributed by atoms with Crippen LogP contribution in [0.25, 0.3) is 0 Å². The first-order valence-corrected chi connectivity index (χ1v) is 4.74. The van der Waals surface area contributed by atoms with E-state index in [0.717, 1.165) is 5.69 Å². The van der Waals surface area contributed by atoms with E-state index in [2.05, 4.69) is 15.7 Å². The van der Waals surface area contributed by atoms with Crippen molar-refractivity contribution in [2.45, 2.75) is 13.8 Å². The number of carbonyl (C=O) groups excluding carboxylic acids is 1. The molecule has 0 amide bonds. The molecular formula is C11H13N3O2. The molecule has 0 spiro atoms. The second-order valence-electron chi connectivity index (χ2n) is 3.18. The van der Waals surface area contributed by atoms with Gasteiger partial charge in [-0.05, 0) is 19.1 Å². The largest absolute Gasteiger partial charge is 0.410 e. The van der Waals surface area contributed by atoms with E-state index in [0.29, 0.717) is 5.71 Å². The molecule has 0 radical (unpaired) electrons. The minimum atomic E-state index is -0.335. The Morgan fingerprint density at radius 3 is 2.38 bits per heavy atom. The highest BCUT2D eigenvalue weighted by Gasteiger charge is 2.10. The summed E-state index contributed by atoms with van der Waals surface area (Å²) in [6.07, 6.45) is 0. The van der Waals surface area contributed by atoms with Crippen molar-refractivity contribution in [2.75, 3.05) is 5.43 Å². The summed E-state index contributed by atoms with van der Waals surface area (Å²) in [4.78, 5) is 11.0. The number of rotatable bonds is 4. The predicted octanol–water partition coefficient (Wildman–Crippen LogP) is 1.89. The number of hydrogen-bond donors (Lipinski definition) is 2. The molecule has 5 heteroatoms. The fraction of sp³-hybridized carbons (Fsp3) is 0.182. The third kappa shape index (κ3) is 3.20. The molecule has 5 nitrogen and oxygen atoms in total. The lowest BCUT2D eigenvalue weighted by Gasteiger charge is -2.02. The summed E-state index contributed by atoms with van der Waals surface area (Å²) >= 11 is 0. The van der Waals surface area contributed by atoms with E-state index in [-0.39, 0.29) is 11.5 Å². The zero-order valence-electron chi connectivity index (χ0n) is 9.14. The van der Waals surface area contributed by atoms with Crippen LogP contribution in [0.2, 0.25) is 0 Å². The molecule has 0 aliphatic carbocycles. The Hall–Kier alpha value is -2.17. The number of hydrogen-bond acceptors (Lipinski definition) is 5. The van der Waals surface area contributed by atoms with Crippen molar-refractivity contribution in [3.05, 3.63) is 30.3 Å². The standard InChI is InChI=1S/C11H13N3O2/c1-8(11(14-16)9(2)15)12-13-10-6-4-3-5-7-10/h3-7,13,16H,1-2H3/b12-8-,14-11-. The highest BCUT2D eigenvalue weighted by Crippen LogP contribution is 2.04. The lowest BCUT2D eigenvalue weighted by molar-refractivity contribution is -0.111. The van der Waals surface area contributed by atoms with Gasteiger partial charge in [-0.1, -0.05) is 23.4 Å². The number of nitrogens with zero attached hydrogens (tertiary/aromatic N) is 2. The van der Waals surface area contributed by atoms with Crippen molar-refractivity contribution in [3.63, 3.8) is 0 Å². The Labute approximate surface area is 93.5 Å². The van der Waals surface area contributed by atoms with E-state index in [1.54, 1.807) is 6.92 Å². The molecule has 0 aliphatic rings. The van der Waals surface area contributed by atoms with Crippen molar-refractivity contribution >= 4 is 22.9 Å². The van der Waals surface area contributed by atoms with Gasteiger partial charge in [-0.15, -0.1) is 0 Å². The average Bonchev–Trinajstić information content (AvgIpc) is 2.28. The Balaban J connectivity index is 2.75. The first kappa shape index (κ1) is 11.9. The van der Waals surface area contributed by atoms with Crippen LogP contribution in [0.3, 0.4) is 0 Å². The van der Waals surface area contributed by atoms with Crippen LogP contribution >= 0.6 is 0 Å². The molecule has 0 aliphatic heterocycles. The van der Waals surface area contributed by atoms with Crippen LogP contribution in [0, 0.1) is 0 Å². The summed E-state index contributed by atoms with van der Waals surface area (Å²) in [5, 5.41) is 15.5. The molecular weight excluding hydrogens is 206 g/mol. The molecule has 0 aromatic heterocycles. The van der Waals surface area contributed by atoms with Crippen molar-refractivity contribution < 1.29 is 10.0 Å². The van der Waals surface area contributed by atoms with E-state index in [4.69, 9.17) is 5.21 Å². The molecule has 1 rings (SSSR count). The number of hydrazone groups is 1. The van der Waals surface area contributed by atoms with Crippen molar-refractivity contribution in [1.82, 2.24) is 0 Å². The van der Waals surface area contributed by atoms with Gasteiger partial charge in [0.2, 0.25) is 0 Å². The molecule has 84 valence electrons. The van der Waals surface area contributed by atoms with Gasteiger partial charge < -0.3 is 5.21 Å². The quantitative estimate of drug-likeness (QED) is 0.461. The predicted molar refractivity (Wildman–Crippen MR) is 63.1 cm³/mol. The Kier molecular flexibility index (Phi) is 4.20. The number of ketones is 1. The number of benzene rings is 1. The first-order valence-electron chi connectivity index (χ1n) is 4.74. The topological polar surface area (TPSA) is 74.0 Å². The van der Waals surface area contributed by atoms with Gasteiger partial charge in [-0.2, -0.15) is 5.10 Å². The highest BCUT2D eigenvalue weighted by molar-refractivity contribution is 6.66. The zero-order chi connectivity index (χ0) is 12.0. The number of oxime groups is 1. The van der Waals surface area contributed by atoms with Crippen LogP contribution in [-0.4, -0.2) is 22.4 Å². The van der Waals surface area contributed by atoms with Gasteiger partial charge in [0.1, 0.15) is 0 Å². The molecule has 0 saturated carbocycles. The molecule has 1 aromatic rings. The van der Waals surface area contributed by atoms with Gasteiger partial charge in [0.25, 0.3) is 0 Å². The smallest absolute Gasteiger partial charge is 0.183 e. The first-order chi connectivity index (χ1) is 7.65. The second-order valence-corrected chi connectivity index (χ2v) is 3.18. The van der Waals surface area contributed by atoms with Gasteiger partial charge >= 0.3 is 0 Å². The summed E-state index contributed by atoms with van der Waals surface area (Å²) in [7, 11) is 0. The van der Waals surface area contributed by atoms with Crippen LogP contribution in [0.4, 0.5) is 5.69 Å². The fourth-order valence-electron chi connectivity index (χ4n) is 1.11. The summed E-state index contributed by atoms with van der Waals surface area (Å²) in [5.41, 5.74) is 3.83. The van der Waals surface area contributed by atoms with Crippen LogP contribution in [0.15, 0.2) is 40.6 Å². The molecule has 0 bridgehead atoms. The van der Waals surface area contributed by atoms with Crippen molar-refractivity contribution in [1.29, 1.82) is 0 Å². The van der Waals surface area contributed by atoms with E-state index < -0.39 is 0 Å². The van der Waals surface area contributed by atoms with E-state index >= 15 is 0 Å². The number of Topliss-reactive ketones (excluding diaryl/α,β-unsaturated/α-hetero) is 1. The number of nitrogens with one attached hydrogen (secondary N) is 1. The van der Waals surface area contributed by atoms with E-state index in [1.807, 2.05) is 30.3 Å². The maximum absolute atomic E-state index is 11.0. The monoisotopic (exact) mass is 219 g/mol. The summed E-state index contributed by atoms with van der Waals surface area (Å²) in [5.74, 6) is -0.335. The Morgan fingerprint density at radius 2 is 1.88 bits per heavy atom. The van der Waals surface area contributed by atoms with Crippen LogP contribution in [0.5, 0.6) is 0 Å². The van der Waals surface area contributed by atoms with E-state index in [9.17, 15) is 4.79 Å². The van der Waals surface area contributed by atoms with Crippen LogP contribution in [0.1, 0.15) is 13.8 Å². The van der Waals surface area contributed by atoms with Gasteiger partial charge in [0.05, 0.1) is 11.4 Å². The Bertz CT molecular complexity index is 424. The lowest BCUT2D eigenvalue weighted by atomic mass is 10.2. The SMILES string of the molecule is CC(=O)C(=N\O)/C(C)=N\Nc1ccccc1. The normalized spacial score (nSPS) is 12.4. The van der Waals surface area contributed by atoms with Crippen LogP contribution < -0.4 is 5.43 Å². The molecule has 1 aromatic carbocycles. The maximum atomic E-state index is 11.0. The lowest BCUT2D eigenvalue weighted by Crippen LogP contribution is -2.20. The zero-order valence-corrected chi connectivity index (χ0v) is 9.14. The van der Waals surface area contributed by atoms with Gasteiger partial charge in [-0.3, -0.25) is 10.2 Å². The van der Waals surface area contributed by atoms with Crippen molar-refractivity contribution in [2.24, 2.45) is 10.3 Å². The summed E-state index contributed by atoms with van der Waals surface area (Å²) < 4.78 is 0. The number of carbonyl (C=O) groups is 1. The Morgan fingerprint density at radius 1 is 1.25 bits per heavy atom. The van der Waals surface area contributed by atoms with Gasteiger partial charge in [0.15, 0.2) is 11.5 Å². The third-order valence-electron chi connectivity index (χ3n) is 1.90.